The van der Waals surface area contributed by atoms with Crippen LogP contribution in [0.3, 0.4) is 0 Å². The van der Waals surface area contributed by atoms with Crippen LogP contribution in [0.5, 0.6) is 0 Å². The number of hydrogen-bond acceptors (Lipinski definition) is 2. The van der Waals surface area contributed by atoms with E-state index in [0.717, 1.165) is 25.6 Å². The average Bonchev–Trinajstić information content (AvgIpc) is 2.27. The van der Waals surface area contributed by atoms with Gasteiger partial charge >= 0.3 is 0 Å². The molecule has 2 nitrogen and oxygen atoms in total. The van der Waals surface area contributed by atoms with E-state index in [4.69, 9.17) is 4.74 Å². The van der Waals surface area contributed by atoms with Crippen molar-refractivity contribution in [3.8, 4) is 0 Å². The number of nitrogens with one attached hydrogen (secondary N) is 1. The van der Waals surface area contributed by atoms with E-state index < -0.39 is 0 Å². The molecule has 1 fully saturated rings. The van der Waals surface area contributed by atoms with E-state index >= 15 is 0 Å². The van der Waals surface area contributed by atoms with Crippen molar-refractivity contribution in [2.24, 2.45) is 11.8 Å². The van der Waals surface area contributed by atoms with Crippen molar-refractivity contribution in [3.63, 3.8) is 0 Å². The van der Waals surface area contributed by atoms with Crippen LogP contribution in [0.15, 0.2) is 0 Å². The molecule has 0 aliphatic heterocycles. The fraction of sp³-hybridized carbons (Fsp3) is 1.00. The van der Waals surface area contributed by atoms with Crippen molar-refractivity contribution in [2.45, 2.75) is 59.0 Å². The SMILES string of the molecule is CCNCC1(OCC(C)C)CCC(C)CC1. The second-order valence-electron chi connectivity index (χ2n) is 5.85. The van der Waals surface area contributed by atoms with Crippen molar-refractivity contribution in [2.75, 3.05) is 19.7 Å². The van der Waals surface area contributed by atoms with Gasteiger partial charge in [-0.15, -0.1) is 0 Å². The zero-order chi connectivity index (χ0) is 12.0. The van der Waals surface area contributed by atoms with Crippen LogP contribution in [0.2, 0.25) is 0 Å². The Bertz CT molecular complexity index is 178. The molecule has 2 heteroatoms. The highest BCUT2D eigenvalue weighted by molar-refractivity contribution is 4.88. The highest BCUT2D eigenvalue weighted by Crippen LogP contribution is 2.34. The van der Waals surface area contributed by atoms with E-state index in [2.05, 4.69) is 33.0 Å². The van der Waals surface area contributed by atoms with Gasteiger partial charge in [0.25, 0.3) is 0 Å². The first-order valence-electron chi connectivity index (χ1n) is 6.92. The predicted molar refractivity (Wildman–Crippen MR) is 69.7 cm³/mol. The molecule has 0 atom stereocenters. The molecule has 1 rings (SSSR count). The van der Waals surface area contributed by atoms with E-state index in [1.165, 1.54) is 25.7 Å². The van der Waals surface area contributed by atoms with Gasteiger partial charge in [-0.3, -0.25) is 0 Å². The highest BCUT2D eigenvalue weighted by atomic mass is 16.5. The Labute approximate surface area is 101 Å². The molecular weight excluding hydrogens is 198 g/mol. The quantitative estimate of drug-likeness (QED) is 0.752. The lowest BCUT2D eigenvalue weighted by Gasteiger charge is -2.40. The van der Waals surface area contributed by atoms with E-state index in [1.807, 2.05) is 0 Å². The van der Waals surface area contributed by atoms with Crippen molar-refractivity contribution in [1.82, 2.24) is 5.32 Å². The minimum atomic E-state index is 0.132. The fourth-order valence-corrected chi connectivity index (χ4v) is 2.36. The van der Waals surface area contributed by atoms with Gasteiger partial charge in [-0.2, -0.15) is 0 Å². The van der Waals surface area contributed by atoms with Crippen LogP contribution < -0.4 is 5.32 Å². The number of hydrogen-bond donors (Lipinski definition) is 1. The first kappa shape index (κ1) is 14.0. The summed E-state index contributed by atoms with van der Waals surface area (Å²) in [6, 6.07) is 0. The normalized spacial score (nSPS) is 30.9. The Hall–Kier alpha value is -0.0800. The molecule has 0 aromatic carbocycles. The Morgan fingerprint density at radius 3 is 2.44 bits per heavy atom. The lowest BCUT2D eigenvalue weighted by atomic mass is 9.79. The summed E-state index contributed by atoms with van der Waals surface area (Å²) in [5, 5.41) is 3.47. The van der Waals surface area contributed by atoms with E-state index in [9.17, 15) is 0 Å². The Balaban J connectivity index is 2.47. The van der Waals surface area contributed by atoms with E-state index in [0.29, 0.717) is 5.92 Å². The van der Waals surface area contributed by atoms with Gasteiger partial charge in [-0.1, -0.05) is 27.7 Å². The third kappa shape index (κ3) is 4.42. The van der Waals surface area contributed by atoms with Gasteiger partial charge in [-0.25, -0.2) is 0 Å². The van der Waals surface area contributed by atoms with Crippen LogP contribution >= 0.6 is 0 Å². The second kappa shape index (κ2) is 6.61. The highest BCUT2D eigenvalue weighted by Gasteiger charge is 2.34. The molecule has 0 spiro atoms. The molecule has 96 valence electrons. The fourth-order valence-electron chi connectivity index (χ4n) is 2.36. The minimum absolute atomic E-state index is 0.132. The van der Waals surface area contributed by atoms with Crippen LogP contribution in [0, 0.1) is 11.8 Å². The monoisotopic (exact) mass is 227 g/mol. The zero-order valence-corrected chi connectivity index (χ0v) is 11.5. The summed E-state index contributed by atoms with van der Waals surface area (Å²) in [5.74, 6) is 1.52. The standard InChI is InChI=1S/C14H29NO/c1-5-15-11-14(16-10-12(2)3)8-6-13(4)7-9-14/h12-13,15H,5-11H2,1-4H3. The smallest absolute Gasteiger partial charge is 0.0806 e. The Morgan fingerprint density at radius 1 is 1.31 bits per heavy atom. The van der Waals surface area contributed by atoms with Crippen molar-refractivity contribution < 1.29 is 4.74 Å². The van der Waals surface area contributed by atoms with Gasteiger partial charge in [0.15, 0.2) is 0 Å². The molecule has 1 N–H and O–H groups in total. The third-order valence-electron chi connectivity index (χ3n) is 3.61. The Morgan fingerprint density at radius 2 is 1.94 bits per heavy atom. The summed E-state index contributed by atoms with van der Waals surface area (Å²) >= 11 is 0. The summed E-state index contributed by atoms with van der Waals surface area (Å²) in [6.45, 7) is 12.0. The van der Waals surface area contributed by atoms with Crippen molar-refractivity contribution >= 4 is 0 Å². The summed E-state index contributed by atoms with van der Waals surface area (Å²) in [5.41, 5.74) is 0.132. The maximum absolute atomic E-state index is 6.22. The molecule has 16 heavy (non-hydrogen) atoms. The molecule has 0 heterocycles. The number of ether oxygens (including phenoxy) is 1. The molecular formula is C14H29NO. The van der Waals surface area contributed by atoms with E-state index in [1.54, 1.807) is 0 Å². The molecule has 1 aliphatic carbocycles. The van der Waals surface area contributed by atoms with Crippen molar-refractivity contribution in [3.05, 3.63) is 0 Å². The molecule has 0 bridgehead atoms. The molecule has 0 unspecified atom stereocenters. The molecule has 0 aromatic rings. The average molecular weight is 227 g/mol. The molecule has 0 radical (unpaired) electrons. The summed E-state index contributed by atoms with van der Waals surface area (Å²) in [4.78, 5) is 0. The molecule has 1 saturated carbocycles. The predicted octanol–water partition coefficient (Wildman–Crippen LogP) is 3.22. The molecule has 0 saturated heterocycles. The maximum atomic E-state index is 6.22. The lowest BCUT2D eigenvalue weighted by Crippen LogP contribution is -2.46. The van der Waals surface area contributed by atoms with Crippen LogP contribution in [0.4, 0.5) is 0 Å². The number of likely N-dealkylation sites (N-methyl/N-ethyl adjacent to an activating group) is 1. The maximum Gasteiger partial charge on any atom is 0.0806 e. The van der Waals surface area contributed by atoms with Crippen LogP contribution in [0.1, 0.15) is 53.4 Å². The van der Waals surface area contributed by atoms with Gasteiger partial charge in [0, 0.05) is 13.2 Å². The largest absolute Gasteiger partial charge is 0.373 e. The molecule has 1 aliphatic rings. The first-order valence-corrected chi connectivity index (χ1v) is 6.92. The van der Waals surface area contributed by atoms with Gasteiger partial charge in [-0.05, 0) is 44.1 Å². The third-order valence-corrected chi connectivity index (χ3v) is 3.61. The van der Waals surface area contributed by atoms with Crippen LogP contribution in [-0.2, 0) is 4.74 Å². The van der Waals surface area contributed by atoms with Gasteiger partial charge in [0.05, 0.1) is 5.60 Å². The van der Waals surface area contributed by atoms with Gasteiger partial charge < -0.3 is 10.1 Å². The molecule has 0 aromatic heterocycles. The topological polar surface area (TPSA) is 21.3 Å². The minimum Gasteiger partial charge on any atom is -0.373 e. The summed E-state index contributed by atoms with van der Waals surface area (Å²) in [7, 11) is 0. The van der Waals surface area contributed by atoms with Gasteiger partial charge in [0.1, 0.15) is 0 Å². The summed E-state index contributed by atoms with van der Waals surface area (Å²) in [6.07, 6.45) is 5.11. The van der Waals surface area contributed by atoms with E-state index in [-0.39, 0.29) is 5.60 Å². The van der Waals surface area contributed by atoms with Crippen molar-refractivity contribution in [1.29, 1.82) is 0 Å². The molecule has 0 amide bonds. The van der Waals surface area contributed by atoms with Crippen LogP contribution in [-0.4, -0.2) is 25.3 Å². The number of rotatable bonds is 6. The van der Waals surface area contributed by atoms with Crippen LogP contribution in [0.25, 0.3) is 0 Å². The van der Waals surface area contributed by atoms with Gasteiger partial charge in [0.2, 0.25) is 0 Å². The Kier molecular flexibility index (Phi) is 5.77. The summed E-state index contributed by atoms with van der Waals surface area (Å²) < 4.78 is 6.22. The lowest BCUT2D eigenvalue weighted by molar-refractivity contribution is -0.0841. The second-order valence-corrected chi connectivity index (χ2v) is 5.85. The zero-order valence-electron chi connectivity index (χ0n) is 11.5. The first-order chi connectivity index (χ1) is 7.58.